The normalized spacial score (nSPS) is 17.9. The van der Waals surface area contributed by atoms with Gasteiger partial charge in [-0.05, 0) is 13.0 Å². The molecule has 2 rings (SSSR count). The third-order valence-corrected chi connectivity index (χ3v) is 2.64. The summed E-state index contributed by atoms with van der Waals surface area (Å²) in [6, 6.07) is 1.92. The van der Waals surface area contributed by atoms with Gasteiger partial charge in [0.15, 0.2) is 0 Å². The Kier molecular flexibility index (Phi) is 4.11. The summed E-state index contributed by atoms with van der Waals surface area (Å²) in [6.07, 6.45) is 1.34. The van der Waals surface area contributed by atoms with Crippen molar-refractivity contribution in [2.45, 2.75) is 13.0 Å². The minimum absolute atomic E-state index is 0.401. The number of nitrogens with one attached hydrogen (secondary N) is 2. The first-order valence-electron chi connectivity index (χ1n) is 5.96. The van der Waals surface area contributed by atoms with Crippen LogP contribution in [0, 0.1) is 0 Å². The molecule has 0 aliphatic carbocycles. The van der Waals surface area contributed by atoms with Gasteiger partial charge >= 0.3 is 0 Å². The van der Waals surface area contributed by atoms with Crippen LogP contribution in [0.15, 0.2) is 12.3 Å². The topological polar surface area (TPSA) is 73.3 Å². The van der Waals surface area contributed by atoms with E-state index in [1.54, 1.807) is 13.1 Å². The first-order chi connectivity index (χ1) is 8.25. The Hall–Kier alpha value is -1.40. The zero-order valence-corrected chi connectivity index (χ0v) is 10.1. The number of aliphatic hydroxyl groups is 1. The summed E-state index contributed by atoms with van der Waals surface area (Å²) in [4.78, 5) is 10.8. The van der Waals surface area contributed by atoms with Crippen molar-refractivity contribution >= 4 is 11.8 Å². The van der Waals surface area contributed by atoms with E-state index in [1.807, 2.05) is 6.07 Å². The minimum Gasteiger partial charge on any atom is -0.392 e. The maximum absolute atomic E-state index is 9.19. The molecule has 94 valence electrons. The zero-order valence-electron chi connectivity index (χ0n) is 10.1. The molecule has 0 bridgehead atoms. The largest absolute Gasteiger partial charge is 0.392 e. The summed E-state index contributed by atoms with van der Waals surface area (Å²) in [6.45, 7) is 6.10. The fourth-order valence-corrected chi connectivity index (χ4v) is 1.74. The summed E-state index contributed by atoms with van der Waals surface area (Å²) in [5.74, 6) is 1.51. The number of aliphatic hydroxyl groups excluding tert-OH is 1. The van der Waals surface area contributed by atoms with Crippen molar-refractivity contribution in [2.75, 3.05) is 42.9 Å². The van der Waals surface area contributed by atoms with Crippen LogP contribution in [-0.4, -0.2) is 53.9 Å². The van der Waals surface area contributed by atoms with Gasteiger partial charge in [0.1, 0.15) is 5.82 Å². The van der Waals surface area contributed by atoms with Gasteiger partial charge in [0.25, 0.3) is 0 Å². The van der Waals surface area contributed by atoms with E-state index in [-0.39, 0.29) is 0 Å². The van der Waals surface area contributed by atoms with E-state index in [1.165, 1.54) is 0 Å². The number of hydrogen-bond donors (Lipinski definition) is 3. The molecular weight excluding hydrogens is 218 g/mol. The Bertz CT molecular complexity index is 351. The van der Waals surface area contributed by atoms with Crippen LogP contribution in [0.25, 0.3) is 0 Å². The molecule has 2 heterocycles. The Morgan fingerprint density at radius 2 is 2.29 bits per heavy atom. The molecule has 1 aliphatic rings. The quantitative estimate of drug-likeness (QED) is 0.666. The summed E-state index contributed by atoms with van der Waals surface area (Å²) in [5, 5.41) is 15.5. The van der Waals surface area contributed by atoms with Gasteiger partial charge in [-0.3, -0.25) is 0 Å². The van der Waals surface area contributed by atoms with Crippen molar-refractivity contribution in [1.82, 2.24) is 15.3 Å². The lowest BCUT2D eigenvalue weighted by atomic mass is 10.3. The van der Waals surface area contributed by atoms with E-state index in [0.717, 1.165) is 32.0 Å². The number of hydrogen-bond acceptors (Lipinski definition) is 6. The van der Waals surface area contributed by atoms with Crippen LogP contribution in [0.4, 0.5) is 11.8 Å². The molecule has 1 aliphatic heterocycles. The number of nitrogens with zero attached hydrogens (tertiary/aromatic N) is 3. The highest BCUT2D eigenvalue weighted by molar-refractivity contribution is 5.42. The van der Waals surface area contributed by atoms with E-state index in [0.29, 0.717) is 12.5 Å². The van der Waals surface area contributed by atoms with Crippen LogP contribution in [0.5, 0.6) is 0 Å². The first kappa shape index (κ1) is 12.1. The van der Waals surface area contributed by atoms with Crippen LogP contribution in [0.2, 0.25) is 0 Å². The molecule has 0 spiro atoms. The van der Waals surface area contributed by atoms with Crippen molar-refractivity contribution < 1.29 is 5.11 Å². The summed E-state index contributed by atoms with van der Waals surface area (Å²) in [5.41, 5.74) is 0. The smallest absolute Gasteiger partial charge is 0.224 e. The fraction of sp³-hybridized carbons (Fsp3) is 0.636. The summed E-state index contributed by atoms with van der Waals surface area (Å²) < 4.78 is 0. The molecule has 17 heavy (non-hydrogen) atoms. The van der Waals surface area contributed by atoms with Crippen LogP contribution in [0.3, 0.4) is 0 Å². The van der Waals surface area contributed by atoms with Gasteiger partial charge in [-0.25, -0.2) is 4.98 Å². The molecule has 1 unspecified atom stereocenters. The lowest BCUT2D eigenvalue weighted by Crippen LogP contribution is -2.43. The summed E-state index contributed by atoms with van der Waals surface area (Å²) >= 11 is 0. The monoisotopic (exact) mass is 237 g/mol. The molecule has 0 aromatic carbocycles. The van der Waals surface area contributed by atoms with Crippen molar-refractivity contribution in [2.24, 2.45) is 0 Å². The van der Waals surface area contributed by atoms with Crippen LogP contribution in [-0.2, 0) is 0 Å². The van der Waals surface area contributed by atoms with Gasteiger partial charge in [0, 0.05) is 38.9 Å². The van der Waals surface area contributed by atoms with Gasteiger partial charge in [-0.1, -0.05) is 0 Å². The number of piperazine rings is 1. The standard InChI is InChI=1S/C11H19N5O/c1-9(17)8-14-11-13-3-2-10(15-11)16-6-4-12-5-7-16/h2-3,9,12,17H,4-8H2,1H3,(H,13,14,15). The van der Waals surface area contributed by atoms with E-state index < -0.39 is 6.10 Å². The fourth-order valence-electron chi connectivity index (χ4n) is 1.74. The second-order valence-corrected chi connectivity index (χ2v) is 4.21. The summed E-state index contributed by atoms with van der Waals surface area (Å²) in [7, 11) is 0. The third-order valence-electron chi connectivity index (χ3n) is 2.64. The minimum atomic E-state index is -0.401. The molecule has 1 fully saturated rings. The van der Waals surface area contributed by atoms with Crippen LogP contribution in [0.1, 0.15) is 6.92 Å². The molecule has 3 N–H and O–H groups in total. The number of aromatic nitrogens is 2. The maximum Gasteiger partial charge on any atom is 0.224 e. The highest BCUT2D eigenvalue weighted by Gasteiger charge is 2.12. The Balaban J connectivity index is 2.00. The maximum atomic E-state index is 9.19. The molecule has 0 radical (unpaired) electrons. The van der Waals surface area contributed by atoms with E-state index in [2.05, 4.69) is 25.5 Å². The lowest BCUT2D eigenvalue weighted by Gasteiger charge is -2.28. The van der Waals surface area contributed by atoms with Gasteiger partial charge in [-0.15, -0.1) is 0 Å². The highest BCUT2D eigenvalue weighted by Crippen LogP contribution is 2.12. The number of rotatable bonds is 4. The van der Waals surface area contributed by atoms with Crippen molar-refractivity contribution in [3.05, 3.63) is 12.3 Å². The molecule has 1 aromatic heterocycles. The lowest BCUT2D eigenvalue weighted by molar-refractivity contribution is 0.208. The average Bonchev–Trinajstić information content (AvgIpc) is 2.38. The average molecular weight is 237 g/mol. The first-order valence-corrected chi connectivity index (χ1v) is 5.96. The highest BCUT2D eigenvalue weighted by atomic mass is 16.3. The molecule has 0 saturated carbocycles. The van der Waals surface area contributed by atoms with Crippen molar-refractivity contribution in [1.29, 1.82) is 0 Å². The van der Waals surface area contributed by atoms with E-state index >= 15 is 0 Å². The Morgan fingerprint density at radius 1 is 1.53 bits per heavy atom. The third kappa shape index (κ3) is 3.54. The predicted molar refractivity (Wildman–Crippen MR) is 67.3 cm³/mol. The molecule has 0 amide bonds. The van der Waals surface area contributed by atoms with Crippen molar-refractivity contribution in [3.63, 3.8) is 0 Å². The SMILES string of the molecule is CC(O)CNc1nccc(N2CCNCC2)n1. The van der Waals surface area contributed by atoms with Gasteiger partial charge < -0.3 is 20.6 Å². The predicted octanol–water partition coefficient (Wildman–Crippen LogP) is -0.321. The molecular formula is C11H19N5O. The van der Waals surface area contributed by atoms with Gasteiger partial charge in [0.05, 0.1) is 6.10 Å². The second-order valence-electron chi connectivity index (χ2n) is 4.21. The van der Waals surface area contributed by atoms with Crippen LogP contribution >= 0.6 is 0 Å². The molecule has 6 nitrogen and oxygen atoms in total. The van der Waals surface area contributed by atoms with E-state index in [4.69, 9.17) is 0 Å². The Labute approximate surface area is 101 Å². The van der Waals surface area contributed by atoms with Crippen molar-refractivity contribution in [3.8, 4) is 0 Å². The Morgan fingerprint density at radius 3 is 3.00 bits per heavy atom. The van der Waals surface area contributed by atoms with E-state index in [9.17, 15) is 5.11 Å². The van der Waals surface area contributed by atoms with Gasteiger partial charge in [-0.2, -0.15) is 4.98 Å². The molecule has 1 saturated heterocycles. The zero-order chi connectivity index (χ0) is 12.1. The van der Waals surface area contributed by atoms with Crippen LogP contribution < -0.4 is 15.5 Å². The number of anilines is 2. The molecule has 1 atom stereocenters. The molecule has 1 aromatic rings. The van der Waals surface area contributed by atoms with Gasteiger partial charge in [0.2, 0.25) is 5.95 Å². The molecule has 6 heteroatoms. The second kappa shape index (κ2) is 5.79.